The standard InChI is InChI=1S/C23H41O4P/c1-6-10-14-20(7-2)17-26-28(24,25)27-18-21(8-3)16-22(9-4)23-15-12-11-13-19(23)5/h11-13,15,20-22H,6-10,14,16-18H2,1-5H3,(H,24,25). The summed E-state index contributed by atoms with van der Waals surface area (Å²) in [5.41, 5.74) is 2.67. The van der Waals surface area contributed by atoms with E-state index in [2.05, 4.69) is 58.9 Å². The second-order valence-corrected chi connectivity index (χ2v) is 9.40. The quantitative estimate of drug-likeness (QED) is 0.308. The molecule has 1 aromatic rings. The molecule has 0 aromatic heterocycles. The normalized spacial score (nSPS) is 17.1. The summed E-state index contributed by atoms with van der Waals surface area (Å²) < 4.78 is 23.0. The predicted octanol–water partition coefficient (Wildman–Crippen LogP) is 7.25. The van der Waals surface area contributed by atoms with Gasteiger partial charge in [-0.05, 0) is 55.1 Å². The zero-order valence-electron chi connectivity index (χ0n) is 18.5. The van der Waals surface area contributed by atoms with Crippen LogP contribution >= 0.6 is 7.82 Å². The maximum absolute atomic E-state index is 12.3. The van der Waals surface area contributed by atoms with E-state index in [1.165, 1.54) is 11.1 Å². The molecule has 28 heavy (non-hydrogen) atoms. The molecule has 1 aromatic carbocycles. The SMILES string of the molecule is CCCCC(CC)COP(=O)(O)OCC(CC)CC(CC)c1ccccc1C. The van der Waals surface area contributed by atoms with E-state index in [4.69, 9.17) is 9.05 Å². The van der Waals surface area contributed by atoms with Crippen LogP contribution in [0, 0.1) is 18.8 Å². The van der Waals surface area contributed by atoms with Crippen LogP contribution in [0.4, 0.5) is 0 Å². The Labute approximate surface area is 172 Å². The molecule has 0 bridgehead atoms. The number of aryl methyl sites for hydroxylation is 1. The van der Waals surface area contributed by atoms with E-state index >= 15 is 0 Å². The van der Waals surface area contributed by atoms with E-state index in [-0.39, 0.29) is 12.5 Å². The van der Waals surface area contributed by atoms with Gasteiger partial charge in [-0.2, -0.15) is 0 Å². The molecule has 4 unspecified atom stereocenters. The maximum Gasteiger partial charge on any atom is 0.472 e. The van der Waals surface area contributed by atoms with Crippen molar-refractivity contribution in [1.82, 2.24) is 0 Å². The first-order valence-corrected chi connectivity index (χ1v) is 12.5. The van der Waals surface area contributed by atoms with Crippen LogP contribution in [0.5, 0.6) is 0 Å². The van der Waals surface area contributed by atoms with Crippen LogP contribution in [0.3, 0.4) is 0 Å². The summed E-state index contributed by atoms with van der Waals surface area (Å²) in [6, 6.07) is 8.49. The first-order valence-electron chi connectivity index (χ1n) is 11.0. The molecule has 0 saturated heterocycles. The number of unbranched alkanes of at least 4 members (excludes halogenated alkanes) is 1. The van der Waals surface area contributed by atoms with Gasteiger partial charge < -0.3 is 4.89 Å². The highest BCUT2D eigenvalue weighted by Crippen LogP contribution is 2.45. The van der Waals surface area contributed by atoms with Crippen molar-refractivity contribution < 1.29 is 18.5 Å². The molecule has 0 aliphatic heterocycles. The molecule has 0 amide bonds. The summed E-state index contributed by atoms with van der Waals surface area (Å²) in [5.74, 6) is 0.986. The minimum absolute atomic E-state index is 0.232. The van der Waals surface area contributed by atoms with Crippen LogP contribution < -0.4 is 0 Å². The summed E-state index contributed by atoms with van der Waals surface area (Å²) in [7, 11) is -3.99. The lowest BCUT2D eigenvalue weighted by Crippen LogP contribution is -2.14. The smallest absolute Gasteiger partial charge is 0.302 e. The van der Waals surface area contributed by atoms with E-state index in [1.807, 2.05) is 0 Å². The maximum atomic E-state index is 12.3. The number of hydrogen-bond donors (Lipinski definition) is 1. The van der Waals surface area contributed by atoms with Crippen molar-refractivity contribution in [3.63, 3.8) is 0 Å². The Hall–Kier alpha value is -0.670. The molecule has 4 atom stereocenters. The summed E-state index contributed by atoms with van der Waals surface area (Å²) in [6.07, 6.45) is 7.13. The van der Waals surface area contributed by atoms with Gasteiger partial charge >= 0.3 is 7.82 Å². The van der Waals surface area contributed by atoms with Crippen molar-refractivity contribution >= 4 is 7.82 Å². The molecule has 0 fully saturated rings. The van der Waals surface area contributed by atoms with E-state index in [9.17, 15) is 9.46 Å². The third-order valence-electron chi connectivity index (χ3n) is 5.81. The molecule has 0 heterocycles. The molecule has 0 saturated carbocycles. The summed E-state index contributed by atoms with van der Waals surface area (Å²) in [5, 5.41) is 0. The first kappa shape index (κ1) is 25.4. The van der Waals surface area contributed by atoms with Crippen LogP contribution in [0.2, 0.25) is 0 Å². The van der Waals surface area contributed by atoms with E-state index < -0.39 is 7.82 Å². The van der Waals surface area contributed by atoms with Crippen molar-refractivity contribution in [3.05, 3.63) is 35.4 Å². The molecule has 0 radical (unpaired) electrons. The van der Waals surface area contributed by atoms with Gasteiger partial charge in [0.1, 0.15) is 0 Å². The lowest BCUT2D eigenvalue weighted by atomic mass is 9.84. The highest BCUT2D eigenvalue weighted by molar-refractivity contribution is 7.47. The number of phosphoric acid groups is 1. The van der Waals surface area contributed by atoms with E-state index in [1.54, 1.807) is 0 Å². The minimum atomic E-state index is -3.99. The van der Waals surface area contributed by atoms with Gasteiger partial charge in [0, 0.05) is 0 Å². The van der Waals surface area contributed by atoms with Crippen molar-refractivity contribution in [2.75, 3.05) is 13.2 Å². The molecule has 0 spiro atoms. The van der Waals surface area contributed by atoms with Crippen molar-refractivity contribution in [2.45, 2.75) is 85.5 Å². The van der Waals surface area contributed by atoms with Gasteiger partial charge in [0.2, 0.25) is 0 Å². The zero-order valence-corrected chi connectivity index (χ0v) is 19.4. The third-order valence-corrected chi connectivity index (χ3v) is 6.76. The monoisotopic (exact) mass is 412 g/mol. The molecule has 4 nitrogen and oxygen atoms in total. The number of rotatable bonds is 15. The Balaban J connectivity index is 2.57. The van der Waals surface area contributed by atoms with Crippen molar-refractivity contribution in [3.8, 4) is 0 Å². The molecule has 162 valence electrons. The van der Waals surface area contributed by atoms with Gasteiger partial charge in [0.15, 0.2) is 0 Å². The highest BCUT2D eigenvalue weighted by atomic mass is 31.2. The zero-order chi connectivity index (χ0) is 21.0. The summed E-state index contributed by atoms with van der Waals surface area (Å²) in [6.45, 7) is 11.3. The van der Waals surface area contributed by atoms with Gasteiger partial charge in [0.05, 0.1) is 13.2 Å². The Kier molecular flexibility index (Phi) is 12.3. The summed E-state index contributed by atoms with van der Waals surface area (Å²) in [4.78, 5) is 10.1. The lowest BCUT2D eigenvalue weighted by Gasteiger charge is -2.24. The average molecular weight is 413 g/mol. The van der Waals surface area contributed by atoms with Gasteiger partial charge in [-0.3, -0.25) is 9.05 Å². The van der Waals surface area contributed by atoms with Gasteiger partial charge in [-0.25, -0.2) is 4.57 Å². The van der Waals surface area contributed by atoms with Crippen molar-refractivity contribution in [1.29, 1.82) is 0 Å². The van der Waals surface area contributed by atoms with E-state index in [0.29, 0.717) is 18.4 Å². The fraction of sp³-hybridized carbons (Fsp3) is 0.739. The first-order chi connectivity index (χ1) is 13.4. The largest absolute Gasteiger partial charge is 0.472 e. The predicted molar refractivity (Wildman–Crippen MR) is 118 cm³/mol. The lowest BCUT2D eigenvalue weighted by molar-refractivity contribution is 0.109. The molecule has 1 N–H and O–H groups in total. The Morgan fingerprint density at radius 1 is 0.964 bits per heavy atom. The molecular weight excluding hydrogens is 371 g/mol. The Bertz CT molecular complexity index is 590. The van der Waals surface area contributed by atoms with Gasteiger partial charge in [0.25, 0.3) is 0 Å². The number of hydrogen-bond acceptors (Lipinski definition) is 3. The van der Waals surface area contributed by atoms with Crippen LogP contribution in [-0.4, -0.2) is 18.1 Å². The van der Waals surface area contributed by atoms with Gasteiger partial charge in [-0.15, -0.1) is 0 Å². The van der Waals surface area contributed by atoms with Crippen LogP contribution in [0.1, 0.15) is 89.7 Å². The van der Waals surface area contributed by atoms with E-state index in [0.717, 1.165) is 44.9 Å². The molecule has 0 aliphatic rings. The fourth-order valence-corrected chi connectivity index (χ4v) is 4.52. The van der Waals surface area contributed by atoms with Crippen LogP contribution in [0.25, 0.3) is 0 Å². The molecule has 0 aliphatic carbocycles. The highest BCUT2D eigenvalue weighted by Gasteiger charge is 2.26. The molecule has 5 heteroatoms. The second kappa shape index (κ2) is 13.5. The minimum Gasteiger partial charge on any atom is -0.302 e. The third kappa shape index (κ3) is 9.22. The molecular formula is C23H41O4P. The van der Waals surface area contributed by atoms with Crippen molar-refractivity contribution in [2.24, 2.45) is 11.8 Å². The average Bonchev–Trinajstić information content (AvgIpc) is 2.69. The Morgan fingerprint density at radius 3 is 2.11 bits per heavy atom. The fourth-order valence-electron chi connectivity index (χ4n) is 3.65. The topological polar surface area (TPSA) is 55.8 Å². The van der Waals surface area contributed by atoms with Crippen LogP contribution in [0.15, 0.2) is 24.3 Å². The van der Waals surface area contributed by atoms with Gasteiger partial charge in [-0.1, -0.05) is 77.6 Å². The summed E-state index contributed by atoms with van der Waals surface area (Å²) >= 11 is 0. The molecule has 1 rings (SSSR count). The number of benzene rings is 1. The van der Waals surface area contributed by atoms with Crippen LogP contribution in [-0.2, 0) is 13.6 Å². The second-order valence-electron chi connectivity index (χ2n) is 7.95. The number of phosphoric ester groups is 1. The Morgan fingerprint density at radius 2 is 1.57 bits per heavy atom.